The number of fused-ring (bicyclic) bond motifs is 1. The third-order valence-corrected chi connectivity index (χ3v) is 4.46. The van der Waals surface area contributed by atoms with Crippen LogP contribution in [-0.4, -0.2) is 9.97 Å². The fourth-order valence-electron chi connectivity index (χ4n) is 2.48. The van der Waals surface area contributed by atoms with Gasteiger partial charge in [0.2, 0.25) is 0 Å². The van der Waals surface area contributed by atoms with Crippen molar-refractivity contribution in [1.82, 2.24) is 9.97 Å². The lowest BCUT2D eigenvalue weighted by Gasteiger charge is -2.24. The summed E-state index contributed by atoms with van der Waals surface area (Å²) in [4.78, 5) is 10.1. The van der Waals surface area contributed by atoms with E-state index in [0.29, 0.717) is 6.04 Å². The second-order valence-corrected chi connectivity index (χ2v) is 5.64. The van der Waals surface area contributed by atoms with Crippen molar-refractivity contribution in [1.29, 1.82) is 0 Å². The molecule has 3 rings (SSSR count). The number of anilines is 1. The van der Waals surface area contributed by atoms with Crippen LogP contribution >= 0.6 is 11.3 Å². The van der Waals surface area contributed by atoms with Crippen LogP contribution in [0.5, 0.6) is 0 Å². The van der Waals surface area contributed by atoms with Crippen LogP contribution in [0.3, 0.4) is 0 Å². The second-order valence-electron chi connectivity index (χ2n) is 4.64. The molecule has 3 nitrogen and oxygen atoms in total. The molecule has 0 spiro atoms. The van der Waals surface area contributed by atoms with E-state index in [0.717, 1.165) is 17.9 Å². The molecule has 0 amide bonds. The molecule has 0 aromatic carbocycles. The first-order chi connectivity index (χ1) is 8.86. The molecule has 4 heteroatoms. The van der Waals surface area contributed by atoms with Gasteiger partial charge in [-0.15, -0.1) is 11.3 Å². The Morgan fingerprint density at radius 3 is 3.28 bits per heavy atom. The summed E-state index contributed by atoms with van der Waals surface area (Å²) in [5.74, 6) is 0.950. The van der Waals surface area contributed by atoms with Gasteiger partial charge < -0.3 is 5.32 Å². The first-order valence-corrected chi connectivity index (χ1v) is 7.38. The predicted octanol–water partition coefficient (Wildman–Crippen LogP) is 3.59. The number of hydrogen-bond acceptors (Lipinski definition) is 4. The SMILES string of the molecule is CCc1cc(NC2CCCc3sccc32)ncn1. The molecule has 2 heterocycles. The Balaban J connectivity index is 1.81. The third-order valence-electron chi connectivity index (χ3n) is 3.46. The van der Waals surface area contributed by atoms with E-state index in [1.807, 2.05) is 11.3 Å². The number of nitrogens with one attached hydrogen (secondary N) is 1. The highest BCUT2D eigenvalue weighted by atomic mass is 32.1. The lowest BCUT2D eigenvalue weighted by molar-refractivity contribution is 0.606. The van der Waals surface area contributed by atoms with Crippen LogP contribution in [0.25, 0.3) is 0 Å². The number of aryl methyl sites for hydroxylation is 2. The maximum atomic E-state index is 4.32. The summed E-state index contributed by atoms with van der Waals surface area (Å²) in [6.45, 7) is 2.11. The van der Waals surface area contributed by atoms with Crippen LogP contribution in [0.15, 0.2) is 23.8 Å². The number of rotatable bonds is 3. The zero-order valence-corrected chi connectivity index (χ0v) is 11.3. The molecule has 1 unspecified atom stereocenters. The molecule has 94 valence electrons. The number of hydrogen-bond donors (Lipinski definition) is 1. The summed E-state index contributed by atoms with van der Waals surface area (Å²) < 4.78 is 0. The summed E-state index contributed by atoms with van der Waals surface area (Å²) in [6.07, 6.45) is 6.28. The molecule has 0 radical (unpaired) electrons. The van der Waals surface area contributed by atoms with Crippen molar-refractivity contribution >= 4 is 17.2 Å². The molecule has 2 aromatic rings. The average Bonchev–Trinajstić information content (AvgIpc) is 2.88. The lowest BCUT2D eigenvalue weighted by Crippen LogP contribution is -2.16. The Morgan fingerprint density at radius 1 is 1.44 bits per heavy atom. The van der Waals surface area contributed by atoms with Crippen molar-refractivity contribution in [3.63, 3.8) is 0 Å². The second kappa shape index (κ2) is 5.06. The zero-order valence-electron chi connectivity index (χ0n) is 10.5. The van der Waals surface area contributed by atoms with Crippen molar-refractivity contribution in [3.05, 3.63) is 40.0 Å². The van der Waals surface area contributed by atoms with Gasteiger partial charge in [-0.05, 0) is 42.7 Å². The fraction of sp³-hybridized carbons (Fsp3) is 0.429. The van der Waals surface area contributed by atoms with Gasteiger partial charge in [-0.2, -0.15) is 0 Å². The molecule has 1 N–H and O–H groups in total. The molecule has 18 heavy (non-hydrogen) atoms. The van der Waals surface area contributed by atoms with Crippen molar-refractivity contribution in [3.8, 4) is 0 Å². The van der Waals surface area contributed by atoms with Crippen molar-refractivity contribution < 1.29 is 0 Å². The topological polar surface area (TPSA) is 37.8 Å². The first-order valence-electron chi connectivity index (χ1n) is 6.50. The summed E-state index contributed by atoms with van der Waals surface area (Å²) >= 11 is 1.87. The molecule has 1 atom stereocenters. The van der Waals surface area contributed by atoms with E-state index >= 15 is 0 Å². The van der Waals surface area contributed by atoms with Gasteiger partial charge in [0.15, 0.2) is 0 Å². The summed E-state index contributed by atoms with van der Waals surface area (Å²) in [5, 5.41) is 5.75. The Bertz CT molecular complexity index is 535. The summed E-state index contributed by atoms with van der Waals surface area (Å²) in [5.41, 5.74) is 2.55. The van der Waals surface area contributed by atoms with Gasteiger partial charge in [0.1, 0.15) is 12.1 Å². The predicted molar refractivity (Wildman–Crippen MR) is 75.0 cm³/mol. The van der Waals surface area contributed by atoms with Crippen molar-refractivity contribution in [2.75, 3.05) is 5.32 Å². The number of aromatic nitrogens is 2. The van der Waals surface area contributed by atoms with Crippen molar-refractivity contribution in [2.24, 2.45) is 0 Å². The average molecular weight is 259 g/mol. The van der Waals surface area contributed by atoms with Gasteiger partial charge >= 0.3 is 0 Å². The van der Waals surface area contributed by atoms with Gasteiger partial charge in [-0.1, -0.05) is 6.92 Å². The Hall–Kier alpha value is -1.42. The minimum Gasteiger partial charge on any atom is -0.363 e. The van der Waals surface area contributed by atoms with Crippen molar-refractivity contribution in [2.45, 2.75) is 38.6 Å². The minimum absolute atomic E-state index is 0.416. The zero-order chi connectivity index (χ0) is 12.4. The van der Waals surface area contributed by atoms with Crippen LogP contribution in [0, 0.1) is 0 Å². The molecule has 0 bridgehead atoms. The highest BCUT2D eigenvalue weighted by Crippen LogP contribution is 2.35. The van der Waals surface area contributed by atoms with Crippen LogP contribution in [0.4, 0.5) is 5.82 Å². The highest BCUT2D eigenvalue weighted by molar-refractivity contribution is 7.10. The van der Waals surface area contributed by atoms with Gasteiger partial charge in [0, 0.05) is 16.6 Å². The molecule has 2 aromatic heterocycles. The normalized spacial score (nSPS) is 18.4. The quantitative estimate of drug-likeness (QED) is 0.915. The maximum absolute atomic E-state index is 4.32. The van der Waals surface area contributed by atoms with Crippen LogP contribution in [-0.2, 0) is 12.8 Å². The van der Waals surface area contributed by atoms with Gasteiger partial charge in [-0.3, -0.25) is 0 Å². The van der Waals surface area contributed by atoms with E-state index in [1.165, 1.54) is 29.7 Å². The van der Waals surface area contributed by atoms with E-state index in [-0.39, 0.29) is 0 Å². The Morgan fingerprint density at radius 2 is 2.39 bits per heavy atom. The first kappa shape index (κ1) is 11.7. The third kappa shape index (κ3) is 2.25. The van der Waals surface area contributed by atoms with E-state index < -0.39 is 0 Å². The largest absolute Gasteiger partial charge is 0.363 e. The monoisotopic (exact) mass is 259 g/mol. The highest BCUT2D eigenvalue weighted by Gasteiger charge is 2.21. The van der Waals surface area contributed by atoms with E-state index in [4.69, 9.17) is 0 Å². The van der Waals surface area contributed by atoms with Gasteiger partial charge in [-0.25, -0.2) is 9.97 Å². The molecule has 1 aliphatic rings. The summed E-state index contributed by atoms with van der Waals surface area (Å²) in [7, 11) is 0. The standard InChI is InChI=1S/C14H17N3S/c1-2-10-8-14(16-9-15-10)17-12-4-3-5-13-11(12)6-7-18-13/h6-9,12H,2-5H2,1H3,(H,15,16,17). The van der Waals surface area contributed by atoms with E-state index in [2.05, 4.69) is 39.7 Å². The van der Waals surface area contributed by atoms with Crippen LogP contribution in [0.2, 0.25) is 0 Å². The Kier molecular flexibility index (Phi) is 3.28. The van der Waals surface area contributed by atoms with Gasteiger partial charge in [0.25, 0.3) is 0 Å². The molecular formula is C14H17N3S. The Labute approximate surface area is 111 Å². The molecule has 0 aliphatic heterocycles. The molecule has 0 saturated carbocycles. The summed E-state index contributed by atoms with van der Waals surface area (Å²) in [6, 6.07) is 4.72. The number of nitrogens with zero attached hydrogens (tertiary/aromatic N) is 2. The lowest BCUT2D eigenvalue weighted by atomic mass is 9.94. The van der Waals surface area contributed by atoms with Crippen LogP contribution < -0.4 is 5.32 Å². The number of thiophene rings is 1. The molecule has 0 fully saturated rings. The van der Waals surface area contributed by atoms with Gasteiger partial charge in [0.05, 0.1) is 6.04 Å². The fourth-order valence-corrected chi connectivity index (χ4v) is 3.47. The van der Waals surface area contributed by atoms with E-state index in [1.54, 1.807) is 6.33 Å². The molecule has 1 aliphatic carbocycles. The minimum atomic E-state index is 0.416. The smallest absolute Gasteiger partial charge is 0.130 e. The molecule has 0 saturated heterocycles. The maximum Gasteiger partial charge on any atom is 0.130 e. The van der Waals surface area contributed by atoms with E-state index in [9.17, 15) is 0 Å². The van der Waals surface area contributed by atoms with Crippen LogP contribution in [0.1, 0.15) is 41.9 Å². The molecular weight excluding hydrogens is 242 g/mol.